The van der Waals surface area contributed by atoms with Crippen molar-refractivity contribution in [2.24, 2.45) is 0 Å². The maximum absolute atomic E-state index is 13.0. The molecule has 8 nitrogen and oxygen atoms in total. The van der Waals surface area contributed by atoms with E-state index in [4.69, 9.17) is 21.4 Å². The molecule has 3 N–H and O–H groups in total. The van der Waals surface area contributed by atoms with Gasteiger partial charge in [0.15, 0.2) is 16.8 Å². The number of halogens is 1. The van der Waals surface area contributed by atoms with Crippen molar-refractivity contribution >= 4 is 56.6 Å². The van der Waals surface area contributed by atoms with Gasteiger partial charge in [-0.25, -0.2) is 4.21 Å². The highest BCUT2D eigenvalue weighted by molar-refractivity contribution is 7.88. The normalized spacial score (nSPS) is 18.1. The molecule has 1 saturated heterocycles. The third-order valence-corrected chi connectivity index (χ3v) is 9.14. The van der Waals surface area contributed by atoms with Gasteiger partial charge in [0.1, 0.15) is 9.96 Å². The van der Waals surface area contributed by atoms with E-state index in [-0.39, 0.29) is 5.91 Å². The van der Waals surface area contributed by atoms with Crippen molar-refractivity contribution in [3.8, 4) is 5.75 Å². The van der Waals surface area contributed by atoms with Crippen molar-refractivity contribution in [2.75, 3.05) is 18.4 Å². The molecule has 2 unspecified atom stereocenters. The van der Waals surface area contributed by atoms with Crippen LogP contribution in [0.4, 0.5) is 5.82 Å². The van der Waals surface area contributed by atoms with Gasteiger partial charge in [0.2, 0.25) is 5.91 Å². The van der Waals surface area contributed by atoms with Gasteiger partial charge in [-0.15, -0.1) is 11.3 Å². The van der Waals surface area contributed by atoms with E-state index in [0.717, 1.165) is 41.4 Å². The third kappa shape index (κ3) is 5.52. The molecular formula is C26H28ClN5O3S2. The summed E-state index contributed by atoms with van der Waals surface area (Å²) in [5.41, 5.74) is 2.39. The molecule has 11 heteroatoms. The summed E-state index contributed by atoms with van der Waals surface area (Å²) in [4.78, 5) is 12.7. The van der Waals surface area contributed by atoms with E-state index in [1.54, 1.807) is 19.2 Å². The van der Waals surface area contributed by atoms with Gasteiger partial charge in [-0.05, 0) is 61.7 Å². The minimum atomic E-state index is -1.52. The number of hydrogen-bond donors (Lipinski definition) is 3. The van der Waals surface area contributed by atoms with Crippen LogP contribution >= 0.6 is 22.9 Å². The van der Waals surface area contributed by atoms with E-state index < -0.39 is 16.5 Å². The van der Waals surface area contributed by atoms with Gasteiger partial charge in [0.25, 0.3) is 0 Å². The number of nitrogens with zero attached hydrogens (tertiary/aromatic N) is 2. The van der Waals surface area contributed by atoms with Crippen molar-refractivity contribution in [1.82, 2.24) is 20.4 Å². The van der Waals surface area contributed by atoms with Crippen LogP contribution in [0.1, 0.15) is 30.9 Å². The van der Waals surface area contributed by atoms with E-state index in [0.29, 0.717) is 33.2 Å². The van der Waals surface area contributed by atoms with Crippen LogP contribution in [-0.4, -0.2) is 39.1 Å². The summed E-state index contributed by atoms with van der Waals surface area (Å²) in [5.74, 6) is 1.13. The molecule has 0 bridgehead atoms. The minimum absolute atomic E-state index is 0.0244. The van der Waals surface area contributed by atoms with Gasteiger partial charge in [0, 0.05) is 6.54 Å². The number of fused-ring (bicyclic) bond motifs is 1. The fourth-order valence-corrected chi connectivity index (χ4v) is 6.79. The molecule has 1 fully saturated rings. The Kier molecular flexibility index (Phi) is 7.52. The van der Waals surface area contributed by atoms with E-state index >= 15 is 0 Å². The van der Waals surface area contributed by atoms with Gasteiger partial charge in [-0.2, -0.15) is 5.10 Å². The number of benzene rings is 2. The number of hydrogen-bond acceptors (Lipinski definition) is 6. The van der Waals surface area contributed by atoms with Crippen molar-refractivity contribution in [1.29, 1.82) is 0 Å². The molecule has 5 rings (SSSR count). The van der Waals surface area contributed by atoms with E-state index in [2.05, 4.69) is 21.4 Å². The standard InChI is InChI=1S/C26H28ClN5O3S2/c1-26(12-5-13-29-26)25(33)28-15-17-6-3-7-18(14-17)16-32-19-8-4-9-20(35-2)23(19)24(30-32)31-37(34)22-11-10-21(27)36-22/h3-4,6-11,14,29H,5,12-13,15-16H2,1-2H3,(H,28,33)(H,30,31). The Morgan fingerprint density at radius 1 is 1.24 bits per heavy atom. The predicted molar refractivity (Wildman–Crippen MR) is 149 cm³/mol. The van der Waals surface area contributed by atoms with Crippen LogP contribution in [0.3, 0.4) is 0 Å². The van der Waals surface area contributed by atoms with Crippen molar-refractivity contribution in [3.63, 3.8) is 0 Å². The van der Waals surface area contributed by atoms with Gasteiger partial charge in [0.05, 0.1) is 34.4 Å². The second-order valence-corrected chi connectivity index (χ2v) is 12.3. The third-order valence-electron chi connectivity index (χ3n) is 6.53. The van der Waals surface area contributed by atoms with Crippen molar-refractivity contribution in [2.45, 2.75) is 42.6 Å². The molecule has 0 radical (unpaired) electrons. The molecule has 1 aliphatic rings. The number of rotatable bonds is 9. The smallest absolute Gasteiger partial charge is 0.240 e. The molecule has 2 aromatic heterocycles. The monoisotopic (exact) mass is 557 g/mol. The molecule has 3 heterocycles. The first kappa shape index (κ1) is 25.7. The molecule has 1 aliphatic heterocycles. The molecule has 2 atom stereocenters. The van der Waals surface area contributed by atoms with Gasteiger partial charge in [-0.1, -0.05) is 41.9 Å². The molecule has 37 heavy (non-hydrogen) atoms. The summed E-state index contributed by atoms with van der Waals surface area (Å²) < 4.78 is 24.6. The number of nitrogens with one attached hydrogen (secondary N) is 3. The Morgan fingerprint density at radius 3 is 2.78 bits per heavy atom. The molecule has 2 aromatic carbocycles. The topological polar surface area (TPSA) is 97.3 Å². The van der Waals surface area contributed by atoms with Crippen LogP contribution in [0.2, 0.25) is 4.34 Å². The average Bonchev–Trinajstić information content (AvgIpc) is 3.62. The number of carbonyl (C=O) groups excluding carboxylic acids is 1. The second kappa shape index (κ2) is 10.8. The summed E-state index contributed by atoms with van der Waals surface area (Å²) in [7, 11) is 0.0811. The number of ether oxygens (including phenoxy) is 1. The van der Waals surface area contributed by atoms with E-state index in [9.17, 15) is 9.00 Å². The minimum Gasteiger partial charge on any atom is -0.496 e. The van der Waals surface area contributed by atoms with Crippen LogP contribution in [0, 0.1) is 0 Å². The average molecular weight is 558 g/mol. The van der Waals surface area contributed by atoms with Gasteiger partial charge < -0.3 is 15.4 Å². The highest BCUT2D eigenvalue weighted by atomic mass is 35.5. The fraction of sp³-hybridized carbons (Fsp3) is 0.308. The predicted octanol–water partition coefficient (Wildman–Crippen LogP) is 4.70. The molecule has 1 amide bonds. The van der Waals surface area contributed by atoms with Crippen LogP contribution < -0.4 is 20.1 Å². The first-order valence-electron chi connectivity index (χ1n) is 11.9. The number of carbonyl (C=O) groups is 1. The second-order valence-electron chi connectivity index (χ2n) is 9.16. The Morgan fingerprint density at radius 2 is 2.05 bits per heavy atom. The molecule has 194 valence electrons. The maximum atomic E-state index is 13.0. The molecule has 0 spiro atoms. The summed E-state index contributed by atoms with van der Waals surface area (Å²) in [6.07, 6.45) is 1.85. The number of thiophene rings is 1. The first-order chi connectivity index (χ1) is 17.9. The quantitative estimate of drug-likeness (QED) is 0.277. The summed E-state index contributed by atoms with van der Waals surface area (Å²) in [6.45, 7) is 3.76. The lowest BCUT2D eigenvalue weighted by Gasteiger charge is -2.23. The zero-order valence-electron chi connectivity index (χ0n) is 20.5. The highest BCUT2D eigenvalue weighted by Crippen LogP contribution is 2.34. The molecule has 4 aromatic rings. The number of methoxy groups -OCH3 is 1. The maximum Gasteiger partial charge on any atom is 0.240 e. The summed E-state index contributed by atoms with van der Waals surface area (Å²) in [6, 6.07) is 17.2. The zero-order valence-corrected chi connectivity index (χ0v) is 22.9. The largest absolute Gasteiger partial charge is 0.496 e. The van der Waals surface area contributed by atoms with E-state index in [1.165, 1.54) is 11.3 Å². The van der Waals surface area contributed by atoms with Crippen molar-refractivity contribution in [3.05, 3.63) is 70.1 Å². The number of anilines is 1. The summed E-state index contributed by atoms with van der Waals surface area (Å²) >= 11 is 7.29. The highest BCUT2D eigenvalue weighted by Gasteiger charge is 2.35. The first-order valence-corrected chi connectivity index (χ1v) is 14.3. The molecule has 0 aliphatic carbocycles. The Hall–Kier alpha value is -2.92. The summed E-state index contributed by atoms with van der Waals surface area (Å²) in [5, 5.41) is 11.9. The van der Waals surface area contributed by atoms with E-state index in [1.807, 2.05) is 48.0 Å². The fourth-order valence-electron chi connectivity index (χ4n) is 4.57. The van der Waals surface area contributed by atoms with Crippen LogP contribution in [0.15, 0.2) is 58.8 Å². The molecule has 0 saturated carbocycles. The number of aromatic nitrogens is 2. The SMILES string of the molecule is COc1cccc2c1c(NS(=O)c1ccc(Cl)s1)nn2Cc1cccc(CNC(=O)C2(C)CCCN2)c1. The Labute approximate surface area is 226 Å². The molecular weight excluding hydrogens is 530 g/mol. The lowest BCUT2D eigenvalue weighted by Crippen LogP contribution is -2.50. The zero-order chi connectivity index (χ0) is 26.0. The van der Waals surface area contributed by atoms with Crippen molar-refractivity contribution < 1.29 is 13.7 Å². The van der Waals surface area contributed by atoms with Crippen LogP contribution in [0.5, 0.6) is 5.75 Å². The van der Waals surface area contributed by atoms with Gasteiger partial charge >= 0.3 is 0 Å². The lowest BCUT2D eigenvalue weighted by atomic mass is 9.99. The Balaban J connectivity index is 1.37. The van der Waals surface area contributed by atoms with Crippen LogP contribution in [-0.2, 0) is 28.9 Å². The Bertz CT molecular complexity index is 1460. The van der Waals surface area contributed by atoms with Gasteiger partial charge in [-0.3, -0.25) is 14.2 Å². The lowest BCUT2D eigenvalue weighted by molar-refractivity contribution is -0.126. The number of amides is 1. The van der Waals surface area contributed by atoms with Crippen LogP contribution in [0.25, 0.3) is 10.9 Å².